The Labute approximate surface area is 163 Å². The van der Waals surface area contributed by atoms with Crippen molar-refractivity contribution in [3.8, 4) is 16.2 Å². The third-order valence-corrected chi connectivity index (χ3v) is 6.70. The topological polar surface area (TPSA) is 96.5 Å². The minimum atomic E-state index is -1.25. The van der Waals surface area contributed by atoms with E-state index in [2.05, 4.69) is 11.1 Å². The van der Waals surface area contributed by atoms with E-state index in [9.17, 15) is 19.5 Å². The number of aromatic nitrogens is 1. The number of thiophene rings is 1. The molecule has 2 heterocycles. The van der Waals surface area contributed by atoms with Crippen LogP contribution in [0.25, 0.3) is 21.3 Å². The molecule has 2 aliphatic rings. The Kier molecular flexibility index (Phi) is 3.71. The van der Waals surface area contributed by atoms with Crippen LogP contribution in [0.3, 0.4) is 0 Å². The van der Waals surface area contributed by atoms with Crippen LogP contribution < -0.4 is 10.2 Å². The zero-order valence-electron chi connectivity index (χ0n) is 15.1. The lowest BCUT2D eigenvalue weighted by atomic mass is 9.96. The van der Waals surface area contributed by atoms with Crippen molar-refractivity contribution in [3.63, 3.8) is 0 Å². The number of hydrogen-bond acceptors (Lipinski definition) is 5. The summed E-state index contributed by atoms with van der Waals surface area (Å²) in [6, 6.07) is 3.89. The van der Waals surface area contributed by atoms with Crippen LogP contribution in [-0.4, -0.2) is 29.0 Å². The Morgan fingerprint density at radius 3 is 2.68 bits per heavy atom. The van der Waals surface area contributed by atoms with Crippen molar-refractivity contribution in [2.24, 2.45) is 0 Å². The molecule has 3 aromatic rings. The first-order valence-corrected chi connectivity index (χ1v) is 9.92. The van der Waals surface area contributed by atoms with E-state index < -0.39 is 11.4 Å². The molecule has 6 nitrogen and oxygen atoms in total. The fourth-order valence-corrected chi connectivity index (χ4v) is 5.31. The van der Waals surface area contributed by atoms with E-state index in [4.69, 9.17) is 4.74 Å². The summed E-state index contributed by atoms with van der Waals surface area (Å²) in [4.78, 5) is 40.9. The van der Waals surface area contributed by atoms with Gasteiger partial charge in [-0.2, -0.15) is 0 Å². The Balaban J connectivity index is 1.81. The number of aromatic carboxylic acids is 1. The number of hydrogen-bond donors (Lipinski definition) is 2. The maximum Gasteiger partial charge on any atom is 0.341 e. The van der Waals surface area contributed by atoms with E-state index in [0.717, 1.165) is 39.3 Å². The van der Waals surface area contributed by atoms with E-state index in [0.29, 0.717) is 35.4 Å². The lowest BCUT2D eigenvalue weighted by Gasteiger charge is -2.16. The van der Waals surface area contributed by atoms with Gasteiger partial charge in [-0.3, -0.25) is 9.59 Å². The first kappa shape index (κ1) is 17.2. The van der Waals surface area contributed by atoms with Crippen molar-refractivity contribution < 1.29 is 19.4 Å². The first-order chi connectivity index (χ1) is 13.5. The van der Waals surface area contributed by atoms with Gasteiger partial charge in [0.1, 0.15) is 11.3 Å². The van der Waals surface area contributed by atoms with E-state index in [1.54, 1.807) is 18.4 Å². The van der Waals surface area contributed by atoms with Crippen LogP contribution in [0.2, 0.25) is 0 Å². The summed E-state index contributed by atoms with van der Waals surface area (Å²) < 4.78 is 5.73. The molecule has 2 aliphatic carbocycles. The molecular formula is C21H17NO5S. The highest BCUT2D eigenvalue weighted by Crippen LogP contribution is 2.51. The number of aromatic amines is 1. The first-order valence-electron chi connectivity index (χ1n) is 9.11. The molecule has 28 heavy (non-hydrogen) atoms. The number of carbonyl (C=O) groups excluding carboxylic acids is 1. The van der Waals surface area contributed by atoms with E-state index in [-0.39, 0.29) is 11.3 Å². The molecule has 7 heteroatoms. The number of carbonyl (C=O) groups is 2. The number of fused-ring (bicyclic) bond motifs is 2. The van der Waals surface area contributed by atoms with Crippen molar-refractivity contribution in [2.45, 2.75) is 31.6 Å². The van der Waals surface area contributed by atoms with Crippen molar-refractivity contribution in [3.05, 3.63) is 50.1 Å². The smallest absolute Gasteiger partial charge is 0.341 e. The fraction of sp³-hybridized carbons (Fsp3) is 0.286. The maximum atomic E-state index is 12.7. The minimum Gasteiger partial charge on any atom is -0.494 e. The monoisotopic (exact) mass is 395 g/mol. The van der Waals surface area contributed by atoms with Crippen LogP contribution in [-0.2, 0) is 17.6 Å². The zero-order chi connectivity index (χ0) is 19.6. The predicted molar refractivity (Wildman–Crippen MR) is 106 cm³/mol. The molecule has 2 N–H and O–H groups in total. The molecule has 1 aromatic carbocycles. The molecule has 142 valence electrons. The largest absolute Gasteiger partial charge is 0.494 e. The van der Waals surface area contributed by atoms with Gasteiger partial charge in [0.2, 0.25) is 5.43 Å². The second-order valence-electron chi connectivity index (χ2n) is 7.36. The second kappa shape index (κ2) is 6.04. The summed E-state index contributed by atoms with van der Waals surface area (Å²) in [7, 11) is 1.56. The third kappa shape index (κ3) is 2.50. The van der Waals surface area contributed by atoms with Gasteiger partial charge in [-0.15, -0.1) is 11.3 Å². The van der Waals surface area contributed by atoms with Crippen molar-refractivity contribution >= 4 is 34.0 Å². The predicted octanol–water partition coefficient (Wildman–Crippen LogP) is 3.51. The van der Waals surface area contributed by atoms with E-state index >= 15 is 0 Å². The highest BCUT2D eigenvalue weighted by Gasteiger charge is 2.32. The van der Waals surface area contributed by atoms with Crippen LogP contribution >= 0.6 is 11.3 Å². The van der Waals surface area contributed by atoms with Gasteiger partial charge in [0.05, 0.1) is 18.0 Å². The maximum absolute atomic E-state index is 12.7. The Bertz CT molecular complexity index is 1210. The van der Waals surface area contributed by atoms with Crippen LogP contribution in [0.1, 0.15) is 45.1 Å². The number of nitrogens with one attached hydrogen (secondary N) is 1. The third-order valence-electron chi connectivity index (χ3n) is 5.50. The number of methoxy groups -OCH3 is 1. The molecule has 2 aromatic heterocycles. The Morgan fingerprint density at radius 2 is 2.04 bits per heavy atom. The van der Waals surface area contributed by atoms with Crippen LogP contribution in [0.15, 0.2) is 23.1 Å². The molecule has 0 bridgehead atoms. The molecule has 0 aliphatic heterocycles. The Hall–Kier alpha value is -2.93. The summed E-state index contributed by atoms with van der Waals surface area (Å²) in [5.74, 6) is -0.121. The van der Waals surface area contributed by atoms with E-state index in [1.165, 1.54) is 6.20 Å². The lowest BCUT2D eigenvalue weighted by molar-refractivity contribution is -0.117. The number of ether oxygens (including phenoxy) is 1. The number of carboxylic acid groups (broad SMARTS) is 1. The quantitative estimate of drug-likeness (QED) is 0.705. The average molecular weight is 395 g/mol. The van der Waals surface area contributed by atoms with Crippen LogP contribution in [0.5, 0.6) is 5.75 Å². The van der Waals surface area contributed by atoms with Gasteiger partial charge in [-0.1, -0.05) is 0 Å². The summed E-state index contributed by atoms with van der Waals surface area (Å²) >= 11 is 1.60. The summed E-state index contributed by atoms with van der Waals surface area (Å²) in [5.41, 5.74) is 2.75. The van der Waals surface area contributed by atoms with Crippen LogP contribution in [0.4, 0.5) is 0 Å². The molecule has 1 fully saturated rings. The van der Waals surface area contributed by atoms with Gasteiger partial charge in [-0.25, -0.2) is 4.79 Å². The highest BCUT2D eigenvalue weighted by molar-refractivity contribution is 7.16. The van der Waals surface area contributed by atoms with Crippen molar-refractivity contribution in [2.75, 3.05) is 7.11 Å². The SMILES string of the molecule is COc1c(-c2cc3c(s2)CC(=O)C3)c(C2CC2)cc2c(=O)c(C(=O)O)c[nH]c12. The summed E-state index contributed by atoms with van der Waals surface area (Å²) in [6.45, 7) is 0. The molecule has 0 unspecified atom stereocenters. The summed E-state index contributed by atoms with van der Waals surface area (Å²) in [6.07, 6.45) is 4.24. The Morgan fingerprint density at radius 1 is 1.25 bits per heavy atom. The number of benzene rings is 1. The van der Waals surface area contributed by atoms with Gasteiger partial charge < -0.3 is 14.8 Å². The molecule has 0 saturated heterocycles. The van der Waals surface area contributed by atoms with Crippen molar-refractivity contribution in [1.82, 2.24) is 4.98 Å². The number of ketones is 1. The lowest BCUT2D eigenvalue weighted by Crippen LogP contribution is -2.16. The van der Waals surface area contributed by atoms with Crippen molar-refractivity contribution in [1.29, 1.82) is 0 Å². The molecule has 5 rings (SSSR count). The number of H-pyrrole nitrogens is 1. The minimum absolute atomic E-state index is 0.242. The van der Waals surface area contributed by atoms with Gasteiger partial charge in [0, 0.05) is 34.4 Å². The average Bonchev–Trinajstić information content (AvgIpc) is 3.34. The van der Waals surface area contributed by atoms with Gasteiger partial charge in [-0.05, 0) is 42.0 Å². The van der Waals surface area contributed by atoms with E-state index in [1.807, 2.05) is 6.07 Å². The number of pyridine rings is 1. The molecule has 1 saturated carbocycles. The standard InChI is InChI=1S/C21H17NO5S/c1-27-20-17(16-5-10-4-11(23)6-15(10)28-16)12(9-2-3-9)7-13-18(20)22-8-14(19(13)24)21(25)26/h5,7-9H,2-4,6H2,1H3,(H,22,24)(H,25,26). The summed E-state index contributed by atoms with van der Waals surface area (Å²) in [5, 5.41) is 9.62. The molecule has 0 amide bonds. The number of carboxylic acids is 1. The molecular weight excluding hydrogens is 378 g/mol. The normalized spacial score (nSPS) is 15.8. The molecule has 0 atom stereocenters. The molecule has 0 radical (unpaired) electrons. The van der Waals surface area contributed by atoms with Crippen LogP contribution in [0, 0.1) is 0 Å². The van der Waals surface area contributed by atoms with Gasteiger partial charge in [0.15, 0.2) is 5.75 Å². The van der Waals surface area contributed by atoms with Gasteiger partial charge >= 0.3 is 5.97 Å². The van der Waals surface area contributed by atoms with Gasteiger partial charge in [0.25, 0.3) is 0 Å². The number of Topliss-reactive ketones (excluding diaryl/α,β-unsaturated/α-hetero) is 1. The zero-order valence-corrected chi connectivity index (χ0v) is 15.9. The second-order valence-corrected chi connectivity index (χ2v) is 8.50. The highest BCUT2D eigenvalue weighted by atomic mass is 32.1. The molecule has 0 spiro atoms. The number of rotatable bonds is 4. The fourth-order valence-electron chi connectivity index (χ4n) is 4.03.